The molecular weight excluding hydrogens is 92.1 g/mol. The van der Waals surface area contributed by atoms with Crippen molar-refractivity contribution in [1.29, 1.82) is 0 Å². The highest BCUT2D eigenvalue weighted by Crippen LogP contribution is 2.02. The molecule has 0 aliphatic heterocycles. The van der Waals surface area contributed by atoms with Crippen LogP contribution in [0.25, 0.3) is 0 Å². The van der Waals surface area contributed by atoms with Crippen molar-refractivity contribution in [2.24, 2.45) is 5.11 Å². The summed E-state index contributed by atoms with van der Waals surface area (Å²) in [7, 11) is 0. The Balaban J connectivity index is 2.96. The van der Waals surface area contributed by atoms with Crippen LogP contribution in [0.15, 0.2) is 17.5 Å². The largest absolute Gasteiger partial charge is 0.283 e. The van der Waals surface area contributed by atoms with Gasteiger partial charge in [-0.1, -0.05) is 0 Å². The maximum absolute atomic E-state index is 7.99. The molecule has 35 valence electrons. The van der Waals surface area contributed by atoms with Crippen molar-refractivity contribution in [3.05, 3.63) is 12.4 Å². The third-order valence-corrected chi connectivity index (χ3v) is 0.599. The SMILES string of the molecule is [N]=Nc1cn[nH]c1. The van der Waals surface area contributed by atoms with Gasteiger partial charge in [0.15, 0.2) is 0 Å². The Morgan fingerprint density at radius 1 is 1.86 bits per heavy atom. The van der Waals surface area contributed by atoms with E-state index in [0.717, 1.165) is 0 Å². The van der Waals surface area contributed by atoms with Crippen LogP contribution in [0.5, 0.6) is 0 Å². The summed E-state index contributed by atoms with van der Waals surface area (Å²) in [6, 6.07) is 0. The molecule has 0 bridgehead atoms. The number of hydrogen-bond donors (Lipinski definition) is 1. The van der Waals surface area contributed by atoms with E-state index in [4.69, 9.17) is 5.53 Å². The van der Waals surface area contributed by atoms with Gasteiger partial charge in [0.05, 0.1) is 6.20 Å². The first-order chi connectivity index (χ1) is 3.43. The predicted molar refractivity (Wildman–Crippen MR) is 22.8 cm³/mol. The highest BCUT2D eigenvalue weighted by atomic mass is 15.1. The van der Waals surface area contributed by atoms with Gasteiger partial charge < -0.3 is 0 Å². The maximum Gasteiger partial charge on any atom is 0.125 e. The van der Waals surface area contributed by atoms with E-state index >= 15 is 0 Å². The molecule has 1 N–H and O–H groups in total. The summed E-state index contributed by atoms with van der Waals surface area (Å²) >= 11 is 0. The fourth-order valence-electron chi connectivity index (χ4n) is 0.299. The highest BCUT2D eigenvalue weighted by molar-refractivity contribution is 5.27. The number of H-pyrrole nitrogens is 1. The van der Waals surface area contributed by atoms with Gasteiger partial charge in [-0.2, -0.15) is 5.10 Å². The van der Waals surface area contributed by atoms with Crippen LogP contribution in [0.1, 0.15) is 0 Å². The number of hydrogen-bond acceptors (Lipinski definition) is 2. The van der Waals surface area contributed by atoms with Gasteiger partial charge >= 0.3 is 0 Å². The fourth-order valence-corrected chi connectivity index (χ4v) is 0.299. The minimum Gasteiger partial charge on any atom is -0.283 e. The Labute approximate surface area is 40.1 Å². The lowest BCUT2D eigenvalue weighted by atomic mass is 10.6. The predicted octanol–water partition coefficient (Wildman–Crippen LogP) is 0.293. The topological polar surface area (TPSA) is 63.3 Å². The first-order valence-electron chi connectivity index (χ1n) is 1.77. The monoisotopic (exact) mass is 95.0 g/mol. The second-order valence-corrected chi connectivity index (χ2v) is 1.06. The number of nitrogens with one attached hydrogen (secondary N) is 1. The van der Waals surface area contributed by atoms with Crippen LogP contribution in [0, 0.1) is 0 Å². The molecule has 1 heterocycles. The molecule has 1 rings (SSSR count). The van der Waals surface area contributed by atoms with E-state index in [2.05, 4.69) is 15.3 Å². The van der Waals surface area contributed by atoms with Gasteiger partial charge in [0.25, 0.3) is 0 Å². The van der Waals surface area contributed by atoms with Crippen molar-refractivity contribution < 1.29 is 0 Å². The third kappa shape index (κ3) is 0.623. The molecule has 0 aliphatic rings. The Bertz CT molecular complexity index is 142. The summed E-state index contributed by atoms with van der Waals surface area (Å²) in [4.78, 5) is 0. The molecule has 1 aromatic heterocycles. The van der Waals surface area contributed by atoms with Crippen LogP contribution < -0.4 is 5.53 Å². The van der Waals surface area contributed by atoms with E-state index in [-0.39, 0.29) is 0 Å². The molecule has 0 aliphatic carbocycles. The molecule has 4 heteroatoms. The van der Waals surface area contributed by atoms with Crippen molar-refractivity contribution in [3.8, 4) is 0 Å². The molecule has 1 radical (unpaired) electrons. The van der Waals surface area contributed by atoms with E-state index in [0.29, 0.717) is 5.69 Å². The zero-order chi connectivity index (χ0) is 5.11. The summed E-state index contributed by atoms with van der Waals surface area (Å²) < 4.78 is 0. The lowest BCUT2D eigenvalue weighted by Gasteiger charge is -1.65. The molecule has 0 amide bonds. The van der Waals surface area contributed by atoms with Gasteiger partial charge in [-0.25, -0.2) is 0 Å². The molecule has 0 fully saturated rings. The lowest BCUT2D eigenvalue weighted by molar-refractivity contribution is 1.09. The van der Waals surface area contributed by atoms with Gasteiger partial charge in [0.1, 0.15) is 5.69 Å². The van der Waals surface area contributed by atoms with Gasteiger partial charge in [-0.15, -0.1) is 5.11 Å². The zero-order valence-corrected chi connectivity index (χ0v) is 3.50. The van der Waals surface area contributed by atoms with Crippen LogP contribution >= 0.6 is 0 Å². The van der Waals surface area contributed by atoms with E-state index < -0.39 is 0 Å². The second-order valence-electron chi connectivity index (χ2n) is 1.06. The second kappa shape index (κ2) is 1.51. The van der Waals surface area contributed by atoms with Crippen LogP contribution in [0.3, 0.4) is 0 Å². The van der Waals surface area contributed by atoms with Crippen molar-refractivity contribution in [1.82, 2.24) is 15.7 Å². The van der Waals surface area contributed by atoms with Crippen molar-refractivity contribution in [3.63, 3.8) is 0 Å². The van der Waals surface area contributed by atoms with Gasteiger partial charge in [0, 0.05) is 6.20 Å². The minimum atomic E-state index is 0.444. The molecular formula is C3H3N4. The fraction of sp³-hybridized carbons (Fsp3) is 0. The first kappa shape index (κ1) is 3.98. The maximum atomic E-state index is 7.99. The summed E-state index contributed by atoms with van der Waals surface area (Å²) in [5, 5.41) is 8.83. The van der Waals surface area contributed by atoms with Gasteiger partial charge in [-0.3, -0.25) is 5.10 Å². The number of aromatic amines is 1. The van der Waals surface area contributed by atoms with Crippen LogP contribution in [0.4, 0.5) is 5.69 Å². The standard InChI is InChI=1S/C3H3N4/c4-7-3-1-5-6-2-3/h1-2H,(H,5,6). The number of nitrogens with zero attached hydrogens (tertiary/aromatic N) is 3. The molecule has 0 unspecified atom stereocenters. The Morgan fingerprint density at radius 2 is 2.71 bits per heavy atom. The van der Waals surface area contributed by atoms with Gasteiger partial charge in [-0.05, 0) is 5.53 Å². The number of aromatic nitrogens is 2. The smallest absolute Gasteiger partial charge is 0.125 e. The Kier molecular flexibility index (Phi) is 0.856. The zero-order valence-electron chi connectivity index (χ0n) is 3.50. The van der Waals surface area contributed by atoms with Crippen LogP contribution in [-0.2, 0) is 0 Å². The number of rotatable bonds is 1. The molecule has 4 nitrogen and oxygen atoms in total. The van der Waals surface area contributed by atoms with E-state index in [9.17, 15) is 0 Å². The Hall–Kier alpha value is -1.19. The molecule has 0 atom stereocenters. The average Bonchev–Trinajstić information content (AvgIpc) is 2.14. The summed E-state index contributed by atoms with van der Waals surface area (Å²) in [6.07, 6.45) is 2.90. The van der Waals surface area contributed by atoms with E-state index in [1.165, 1.54) is 12.4 Å². The molecule has 0 spiro atoms. The van der Waals surface area contributed by atoms with Crippen molar-refractivity contribution in [2.45, 2.75) is 0 Å². The molecule has 0 saturated heterocycles. The van der Waals surface area contributed by atoms with E-state index in [1.807, 2.05) is 0 Å². The van der Waals surface area contributed by atoms with Crippen LogP contribution in [0.2, 0.25) is 0 Å². The summed E-state index contributed by atoms with van der Waals surface area (Å²) in [5.41, 5.74) is 8.44. The van der Waals surface area contributed by atoms with Crippen LogP contribution in [-0.4, -0.2) is 10.2 Å². The highest BCUT2D eigenvalue weighted by Gasteiger charge is 1.82. The molecule has 1 aromatic rings. The first-order valence-corrected chi connectivity index (χ1v) is 1.77. The molecule has 0 saturated carbocycles. The summed E-state index contributed by atoms with van der Waals surface area (Å²) in [5.74, 6) is 0. The quantitative estimate of drug-likeness (QED) is 0.500. The third-order valence-electron chi connectivity index (χ3n) is 0.599. The average molecular weight is 95.1 g/mol. The summed E-state index contributed by atoms with van der Waals surface area (Å²) in [6.45, 7) is 0. The van der Waals surface area contributed by atoms with Crippen molar-refractivity contribution in [2.75, 3.05) is 0 Å². The van der Waals surface area contributed by atoms with Gasteiger partial charge in [0.2, 0.25) is 0 Å². The Morgan fingerprint density at radius 3 is 3.00 bits per heavy atom. The normalized spacial score (nSPS) is 8.57. The van der Waals surface area contributed by atoms with E-state index in [1.54, 1.807) is 0 Å². The minimum absolute atomic E-state index is 0.444. The lowest BCUT2D eigenvalue weighted by Crippen LogP contribution is -1.53. The van der Waals surface area contributed by atoms with Crippen molar-refractivity contribution >= 4 is 5.69 Å². The molecule has 7 heavy (non-hydrogen) atoms. The molecule has 0 aromatic carbocycles.